The molecule has 2 rings (SSSR count). The number of imidazole rings is 1. The molecule has 0 aromatic carbocycles. The highest BCUT2D eigenvalue weighted by Gasteiger charge is 2.15. The van der Waals surface area contributed by atoms with E-state index in [0.29, 0.717) is 5.52 Å². The zero-order valence-corrected chi connectivity index (χ0v) is 7.56. The zero-order chi connectivity index (χ0) is 10.3. The molecule has 0 radical (unpaired) electrons. The molecule has 0 saturated carbocycles. The predicted octanol–water partition coefficient (Wildman–Crippen LogP) is 1.39. The van der Waals surface area contributed by atoms with Crippen molar-refractivity contribution in [2.45, 2.75) is 0 Å². The lowest BCUT2D eigenvalue weighted by atomic mass is 10.4. The Morgan fingerprint density at radius 2 is 2.29 bits per heavy atom. The Bertz CT molecular complexity index is 521. The third-order valence-corrected chi connectivity index (χ3v) is 2.05. The highest BCUT2D eigenvalue weighted by molar-refractivity contribution is 6.33. The number of pyridine rings is 1. The van der Waals surface area contributed by atoms with Gasteiger partial charge in [0.1, 0.15) is 5.75 Å². The lowest BCUT2D eigenvalue weighted by Gasteiger charge is -1.96. The molecular formula is C8H5ClN2O3. The normalized spacial score (nSPS) is 10.6. The third-order valence-electron chi connectivity index (χ3n) is 1.77. The number of halogens is 1. The van der Waals surface area contributed by atoms with Crippen LogP contribution in [0.15, 0.2) is 18.3 Å². The van der Waals surface area contributed by atoms with Crippen molar-refractivity contribution in [3.05, 3.63) is 29.3 Å². The number of hydrogen-bond acceptors (Lipinski definition) is 3. The molecule has 0 bridgehead atoms. The van der Waals surface area contributed by atoms with Crippen molar-refractivity contribution in [3.8, 4) is 5.75 Å². The van der Waals surface area contributed by atoms with E-state index in [4.69, 9.17) is 21.8 Å². The molecule has 5 nitrogen and oxygen atoms in total. The number of aromatic hydroxyl groups is 1. The summed E-state index contributed by atoms with van der Waals surface area (Å²) in [5.74, 6) is -1.33. The van der Waals surface area contributed by atoms with E-state index in [1.807, 2.05) is 0 Å². The van der Waals surface area contributed by atoms with Crippen LogP contribution in [0.4, 0.5) is 0 Å². The Labute approximate surface area is 83.2 Å². The van der Waals surface area contributed by atoms with E-state index in [9.17, 15) is 4.79 Å². The van der Waals surface area contributed by atoms with Gasteiger partial charge in [-0.1, -0.05) is 11.6 Å². The second-order valence-electron chi connectivity index (χ2n) is 2.67. The highest BCUT2D eigenvalue weighted by atomic mass is 35.5. The topological polar surface area (TPSA) is 74.8 Å². The number of carboxylic acids is 1. The lowest BCUT2D eigenvalue weighted by molar-refractivity contribution is 0.0683. The Morgan fingerprint density at radius 3 is 2.93 bits per heavy atom. The summed E-state index contributed by atoms with van der Waals surface area (Å²) in [6.45, 7) is 0. The summed E-state index contributed by atoms with van der Waals surface area (Å²) in [5.41, 5.74) is 0.365. The van der Waals surface area contributed by atoms with Crippen LogP contribution in [0.3, 0.4) is 0 Å². The Hall–Kier alpha value is -1.75. The quantitative estimate of drug-likeness (QED) is 0.749. The molecule has 72 valence electrons. The molecule has 2 heterocycles. The van der Waals surface area contributed by atoms with Crippen LogP contribution < -0.4 is 0 Å². The fourth-order valence-corrected chi connectivity index (χ4v) is 1.41. The van der Waals surface area contributed by atoms with E-state index in [1.54, 1.807) is 0 Å². The number of carbonyl (C=O) groups is 1. The molecule has 14 heavy (non-hydrogen) atoms. The minimum absolute atomic E-state index is 0.0104. The molecule has 2 aromatic rings. The SMILES string of the molecule is O=C(O)c1nc(Cl)c2cc(O)ccn12. The summed E-state index contributed by atoms with van der Waals surface area (Å²) in [5, 5.41) is 18.0. The molecular weight excluding hydrogens is 208 g/mol. The number of carboxylic acid groups (broad SMARTS) is 1. The van der Waals surface area contributed by atoms with E-state index in [-0.39, 0.29) is 16.7 Å². The number of aromatic carboxylic acids is 1. The van der Waals surface area contributed by atoms with Crippen LogP contribution in [-0.4, -0.2) is 25.6 Å². The maximum absolute atomic E-state index is 10.7. The first kappa shape index (κ1) is 8.83. The van der Waals surface area contributed by atoms with E-state index < -0.39 is 5.97 Å². The summed E-state index contributed by atoms with van der Waals surface area (Å²) < 4.78 is 1.30. The second-order valence-corrected chi connectivity index (χ2v) is 3.03. The van der Waals surface area contributed by atoms with E-state index >= 15 is 0 Å². The van der Waals surface area contributed by atoms with Gasteiger partial charge in [0.05, 0.1) is 5.52 Å². The van der Waals surface area contributed by atoms with Crippen LogP contribution in [0.2, 0.25) is 5.15 Å². The summed E-state index contributed by atoms with van der Waals surface area (Å²) in [4.78, 5) is 14.4. The van der Waals surface area contributed by atoms with Crippen LogP contribution in [0.5, 0.6) is 5.75 Å². The number of aromatic nitrogens is 2. The van der Waals surface area contributed by atoms with Gasteiger partial charge in [0, 0.05) is 12.3 Å². The first-order valence-corrected chi connectivity index (χ1v) is 4.07. The molecule has 0 unspecified atom stereocenters. The van der Waals surface area contributed by atoms with Crippen molar-refractivity contribution in [2.75, 3.05) is 0 Å². The van der Waals surface area contributed by atoms with Crippen LogP contribution >= 0.6 is 11.6 Å². The maximum Gasteiger partial charge on any atom is 0.372 e. The van der Waals surface area contributed by atoms with Gasteiger partial charge in [-0.05, 0) is 6.07 Å². The van der Waals surface area contributed by atoms with Crippen LogP contribution in [0.1, 0.15) is 10.6 Å². The van der Waals surface area contributed by atoms with Gasteiger partial charge in [-0.3, -0.25) is 4.40 Å². The average molecular weight is 213 g/mol. The van der Waals surface area contributed by atoms with Gasteiger partial charge in [-0.15, -0.1) is 0 Å². The smallest absolute Gasteiger partial charge is 0.372 e. The second kappa shape index (κ2) is 2.88. The maximum atomic E-state index is 10.7. The molecule has 0 atom stereocenters. The van der Waals surface area contributed by atoms with Crippen molar-refractivity contribution in [2.24, 2.45) is 0 Å². The van der Waals surface area contributed by atoms with Crippen molar-refractivity contribution in [1.82, 2.24) is 9.38 Å². The fourth-order valence-electron chi connectivity index (χ4n) is 1.19. The van der Waals surface area contributed by atoms with Gasteiger partial charge in [0.15, 0.2) is 5.15 Å². The van der Waals surface area contributed by atoms with Gasteiger partial charge < -0.3 is 10.2 Å². The van der Waals surface area contributed by atoms with Gasteiger partial charge >= 0.3 is 5.97 Å². The Kier molecular flexibility index (Phi) is 1.82. The average Bonchev–Trinajstić information content (AvgIpc) is 2.44. The van der Waals surface area contributed by atoms with Gasteiger partial charge in [-0.25, -0.2) is 9.78 Å². The summed E-state index contributed by atoms with van der Waals surface area (Å²) in [6.07, 6.45) is 1.40. The van der Waals surface area contributed by atoms with Crippen molar-refractivity contribution in [1.29, 1.82) is 0 Å². The third kappa shape index (κ3) is 1.18. The predicted molar refractivity (Wildman–Crippen MR) is 48.8 cm³/mol. The van der Waals surface area contributed by atoms with E-state index in [1.165, 1.54) is 22.7 Å². The van der Waals surface area contributed by atoms with E-state index in [0.717, 1.165) is 0 Å². The largest absolute Gasteiger partial charge is 0.508 e. The van der Waals surface area contributed by atoms with Crippen molar-refractivity contribution >= 4 is 23.1 Å². The minimum Gasteiger partial charge on any atom is -0.508 e. The number of rotatable bonds is 1. The van der Waals surface area contributed by atoms with Crippen molar-refractivity contribution in [3.63, 3.8) is 0 Å². The first-order chi connectivity index (χ1) is 6.59. The van der Waals surface area contributed by atoms with Crippen molar-refractivity contribution < 1.29 is 15.0 Å². The standard InChI is InChI=1S/C8H5ClN2O3/c9-6-5-3-4(12)1-2-11(5)7(10-6)8(13)14/h1-3,12H,(H,13,14). The van der Waals surface area contributed by atoms with E-state index in [2.05, 4.69) is 4.98 Å². The molecule has 0 fully saturated rings. The van der Waals surface area contributed by atoms with Gasteiger partial charge in [0.25, 0.3) is 0 Å². The summed E-state index contributed by atoms with van der Waals surface area (Å²) >= 11 is 5.69. The zero-order valence-electron chi connectivity index (χ0n) is 6.81. The van der Waals surface area contributed by atoms with Crippen LogP contribution in [-0.2, 0) is 0 Å². The molecule has 0 aliphatic carbocycles. The molecule has 0 aliphatic heterocycles. The molecule has 0 saturated heterocycles. The molecule has 2 aromatic heterocycles. The first-order valence-electron chi connectivity index (χ1n) is 3.69. The number of hydrogen-bond donors (Lipinski definition) is 2. The number of nitrogens with zero attached hydrogens (tertiary/aromatic N) is 2. The summed E-state index contributed by atoms with van der Waals surface area (Å²) in [6, 6.07) is 2.71. The molecule has 0 spiro atoms. The van der Waals surface area contributed by atoms with Gasteiger partial charge in [-0.2, -0.15) is 0 Å². The monoisotopic (exact) mass is 212 g/mol. The van der Waals surface area contributed by atoms with Gasteiger partial charge in [0.2, 0.25) is 5.82 Å². The molecule has 6 heteroatoms. The molecule has 0 amide bonds. The highest BCUT2D eigenvalue weighted by Crippen LogP contribution is 2.21. The Balaban J connectivity index is 2.84. The summed E-state index contributed by atoms with van der Waals surface area (Å²) in [7, 11) is 0. The van der Waals surface area contributed by atoms with Crippen LogP contribution in [0.25, 0.3) is 5.52 Å². The molecule has 0 aliphatic rings. The lowest BCUT2D eigenvalue weighted by Crippen LogP contribution is -2.02. The fraction of sp³-hybridized carbons (Fsp3) is 0. The minimum atomic E-state index is -1.17. The Morgan fingerprint density at radius 1 is 1.57 bits per heavy atom. The van der Waals surface area contributed by atoms with Crippen LogP contribution in [0, 0.1) is 0 Å². The molecule has 2 N–H and O–H groups in total. The number of fused-ring (bicyclic) bond motifs is 1.